The molecule has 1 saturated heterocycles. The lowest BCUT2D eigenvalue weighted by Gasteiger charge is -2.42. The number of aromatic nitrogens is 1. The fraction of sp³-hybridized carbons (Fsp3) is 0.433. The van der Waals surface area contributed by atoms with Gasteiger partial charge in [0.05, 0.1) is 36.6 Å². The zero-order valence-electron chi connectivity index (χ0n) is 23.3. The van der Waals surface area contributed by atoms with Crippen LogP contribution < -0.4 is 10.1 Å². The first-order valence-corrected chi connectivity index (χ1v) is 13.2. The molecule has 0 saturated carbocycles. The van der Waals surface area contributed by atoms with Crippen molar-refractivity contribution in [3.8, 4) is 5.75 Å². The van der Waals surface area contributed by atoms with Crippen molar-refractivity contribution in [1.82, 2.24) is 20.1 Å². The third-order valence-corrected chi connectivity index (χ3v) is 7.21. The third-order valence-electron chi connectivity index (χ3n) is 7.21. The Balaban J connectivity index is 1.57. The number of carbonyl (C=O) groups excluding carboxylic acids is 2. The third kappa shape index (κ3) is 6.54. The van der Waals surface area contributed by atoms with E-state index >= 15 is 0 Å². The Morgan fingerprint density at radius 3 is 2.36 bits per heavy atom. The maximum atomic E-state index is 14.2. The van der Waals surface area contributed by atoms with E-state index in [1.54, 1.807) is 37.4 Å². The average molecular weight is 537 g/mol. The lowest BCUT2D eigenvalue weighted by atomic mass is 10.0. The molecule has 0 bridgehead atoms. The molecule has 0 unspecified atom stereocenters. The first kappa shape index (κ1) is 28.4. The first-order chi connectivity index (χ1) is 18.6. The molecule has 1 aliphatic rings. The number of carbonyl (C=O) groups is 2. The van der Waals surface area contributed by atoms with E-state index in [1.165, 1.54) is 19.2 Å². The molecule has 2 aromatic carbocycles. The summed E-state index contributed by atoms with van der Waals surface area (Å²) in [5.41, 5.74) is 2.88. The van der Waals surface area contributed by atoms with Crippen molar-refractivity contribution in [2.24, 2.45) is 0 Å². The number of ether oxygens (including phenoxy) is 2. The molecule has 208 valence electrons. The van der Waals surface area contributed by atoms with Crippen LogP contribution in [0.4, 0.5) is 4.39 Å². The number of nitrogens with one attached hydrogen (secondary N) is 1. The highest BCUT2D eigenvalue weighted by atomic mass is 19.1. The highest BCUT2D eigenvalue weighted by molar-refractivity contribution is 6.05. The second-order valence-electron chi connectivity index (χ2n) is 10.7. The second-order valence-corrected chi connectivity index (χ2v) is 10.7. The molecule has 8 nitrogen and oxygen atoms in total. The molecule has 3 aromatic rings. The van der Waals surface area contributed by atoms with Gasteiger partial charge in [0.15, 0.2) is 0 Å². The summed E-state index contributed by atoms with van der Waals surface area (Å²) in [4.78, 5) is 34.7. The van der Waals surface area contributed by atoms with Gasteiger partial charge in [0.1, 0.15) is 11.6 Å². The molecule has 0 spiro atoms. The van der Waals surface area contributed by atoms with Crippen molar-refractivity contribution < 1.29 is 23.5 Å². The van der Waals surface area contributed by atoms with Crippen LogP contribution in [-0.4, -0.2) is 79.1 Å². The average Bonchev–Trinajstić information content (AvgIpc) is 2.92. The van der Waals surface area contributed by atoms with Crippen LogP contribution in [0.5, 0.6) is 5.75 Å². The number of pyridine rings is 1. The molecule has 0 atom stereocenters. The van der Waals surface area contributed by atoms with Gasteiger partial charge < -0.3 is 14.8 Å². The molecule has 4 rings (SSSR count). The summed E-state index contributed by atoms with van der Waals surface area (Å²) in [5, 5.41) is 3.53. The van der Waals surface area contributed by atoms with E-state index in [4.69, 9.17) is 14.5 Å². The van der Waals surface area contributed by atoms with Crippen molar-refractivity contribution in [3.63, 3.8) is 0 Å². The van der Waals surface area contributed by atoms with Crippen LogP contribution in [-0.2, 0) is 17.7 Å². The van der Waals surface area contributed by atoms with Crippen LogP contribution >= 0.6 is 0 Å². The van der Waals surface area contributed by atoms with Crippen molar-refractivity contribution >= 4 is 22.8 Å². The summed E-state index contributed by atoms with van der Waals surface area (Å²) < 4.78 is 24.8. The number of hydrogen-bond donors (Lipinski definition) is 1. The van der Waals surface area contributed by atoms with Crippen LogP contribution in [0.15, 0.2) is 42.5 Å². The molecule has 39 heavy (non-hydrogen) atoms. The summed E-state index contributed by atoms with van der Waals surface area (Å²) in [6.07, 6.45) is 0.438. The van der Waals surface area contributed by atoms with Crippen molar-refractivity contribution in [2.75, 3.05) is 46.9 Å². The molecule has 0 aliphatic carbocycles. The number of rotatable bonds is 8. The van der Waals surface area contributed by atoms with Gasteiger partial charge in [-0.25, -0.2) is 9.18 Å². The zero-order chi connectivity index (χ0) is 28.2. The topological polar surface area (TPSA) is 84.0 Å². The minimum absolute atomic E-state index is 0.113. The summed E-state index contributed by atoms with van der Waals surface area (Å²) in [7, 11) is 2.88. The highest BCUT2D eigenvalue weighted by Gasteiger charge is 2.27. The molecule has 1 amide bonds. The van der Waals surface area contributed by atoms with Crippen LogP contribution in [0, 0.1) is 5.82 Å². The summed E-state index contributed by atoms with van der Waals surface area (Å²) in [6.45, 7) is 11.3. The van der Waals surface area contributed by atoms with E-state index in [0.29, 0.717) is 36.2 Å². The predicted octanol–water partition coefficient (Wildman–Crippen LogP) is 4.06. The molecule has 0 radical (unpaired) electrons. The van der Waals surface area contributed by atoms with Crippen molar-refractivity contribution in [1.29, 1.82) is 0 Å². The zero-order valence-corrected chi connectivity index (χ0v) is 23.3. The lowest BCUT2D eigenvalue weighted by Crippen LogP contribution is -2.53. The Morgan fingerprint density at radius 1 is 1.03 bits per heavy atom. The largest absolute Gasteiger partial charge is 0.496 e. The maximum absolute atomic E-state index is 14.2. The highest BCUT2D eigenvalue weighted by Crippen LogP contribution is 2.33. The molecule has 1 N–H and O–H groups in total. The monoisotopic (exact) mass is 536 g/mol. The van der Waals surface area contributed by atoms with Gasteiger partial charge in [-0.15, -0.1) is 0 Å². The molecule has 1 aliphatic heterocycles. The Kier molecular flexibility index (Phi) is 8.82. The number of amides is 1. The van der Waals surface area contributed by atoms with Crippen LogP contribution in [0.25, 0.3) is 10.9 Å². The molecule has 9 heteroatoms. The Hall–Kier alpha value is -3.56. The van der Waals surface area contributed by atoms with E-state index in [1.807, 2.05) is 0 Å². The molecule has 2 heterocycles. The summed E-state index contributed by atoms with van der Waals surface area (Å²) in [5.74, 6) is -0.680. The van der Waals surface area contributed by atoms with Crippen LogP contribution in [0.3, 0.4) is 0 Å². The van der Waals surface area contributed by atoms with Crippen molar-refractivity contribution in [3.05, 3.63) is 70.7 Å². The predicted molar refractivity (Wildman–Crippen MR) is 149 cm³/mol. The van der Waals surface area contributed by atoms with Gasteiger partial charge in [0.2, 0.25) is 0 Å². The van der Waals surface area contributed by atoms with E-state index < -0.39 is 5.97 Å². The number of benzene rings is 2. The second kappa shape index (κ2) is 12.1. The molecule has 1 aromatic heterocycles. The Bertz CT molecular complexity index is 1350. The van der Waals surface area contributed by atoms with Crippen LogP contribution in [0.1, 0.15) is 52.7 Å². The number of halogens is 1. The molecular weight excluding hydrogens is 499 g/mol. The summed E-state index contributed by atoms with van der Waals surface area (Å²) >= 11 is 0. The van der Waals surface area contributed by atoms with Crippen molar-refractivity contribution in [2.45, 2.75) is 39.3 Å². The Labute approximate surface area is 229 Å². The van der Waals surface area contributed by atoms with E-state index in [2.05, 4.69) is 35.9 Å². The number of hydrogen-bond acceptors (Lipinski definition) is 7. The quantitative estimate of drug-likeness (QED) is 0.435. The first-order valence-electron chi connectivity index (χ1n) is 13.2. The number of fused-ring (bicyclic) bond motifs is 1. The minimum atomic E-state index is -0.567. The minimum Gasteiger partial charge on any atom is -0.496 e. The molecular formula is C30H37FN4O4. The van der Waals surface area contributed by atoms with E-state index in [9.17, 15) is 14.0 Å². The Morgan fingerprint density at radius 2 is 1.72 bits per heavy atom. The SMILES string of the molecule is COC(=O)c1ccccc1C(=O)NCCc1nc2ccc(F)cc2c(OC)c1CN1CCN(C(C)(C)C)CC1. The maximum Gasteiger partial charge on any atom is 0.338 e. The van der Waals surface area contributed by atoms with E-state index in [-0.39, 0.29) is 28.4 Å². The smallest absolute Gasteiger partial charge is 0.338 e. The lowest BCUT2D eigenvalue weighted by molar-refractivity contribution is 0.0586. The number of esters is 1. The van der Waals surface area contributed by atoms with Gasteiger partial charge in [-0.2, -0.15) is 0 Å². The van der Waals surface area contributed by atoms with Gasteiger partial charge in [0.25, 0.3) is 5.91 Å². The molecule has 1 fully saturated rings. The van der Waals surface area contributed by atoms with Gasteiger partial charge in [-0.3, -0.25) is 19.6 Å². The van der Waals surface area contributed by atoms with Crippen LogP contribution in [0.2, 0.25) is 0 Å². The number of methoxy groups -OCH3 is 2. The normalized spacial score (nSPS) is 14.8. The number of piperazine rings is 1. The van der Waals surface area contributed by atoms with Gasteiger partial charge in [-0.1, -0.05) is 12.1 Å². The summed E-state index contributed by atoms with van der Waals surface area (Å²) in [6, 6.07) is 11.0. The standard InChI is InChI=1S/C30H37FN4O4/c1-30(2,3)35-16-14-34(15-17-35)19-24-26(33-25-11-10-20(31)18-23(25)27(24)38-4)12-13-32-28(36)21-8-6-7-9-22(21)29(37)39-5/h6-11,18H,12-17,19H2,1-5H3,(H,32,36). The van der Waals surface area contributed by atoms with E-state index in [0.717, 1.165) is 37.4 Å². The van der Waals surface area contributed by atoms with Gasteiger partial charge in [0, 0.05) is 62.2 Å². The van der Waals surface area contributed by atoms with Gasteiger partial charge in [-0.05, 0) is 51.1 Å². The number of nitrogens with zero attached hydrogens (tertiary/aromatic N) is 3. The fourth-order valence-corrected chi connectivity index (χ4v) is 5.06. The van der Waals surface area contributed by atoms with Gasteiger partial charge >= 0.3 is 5.97 Å². The fourth-order valence-electron chi connectivity index (χ4n) is 5.06.